The molecule has 4 aromatic carbocycles. The van der Waals surface area contributed by atoms with Gasteiger partial charge in [0.25, 0.3) is 5.91 Å². The number of urea groups is 1. The van der Waals surface area contributed by atoms with Crippen molar-refractivity contribution in [3.05, 3.63) is 108 Å². The fraction of sp³-hybridized carbons (Fsp3) is 0.0357. The molecule has 1 heterocycles. The first-order valence-corrected chi connectivity index (χ1v) is 11.9. The van der Waals surface area contributed by atoms with Crippen LogP contribution in [0.3, 0.4) is 0 Å². The molecule has 5 rings (SSSR count). The van der Waals surface area contributed by atoms with Crippen LogP contribution in [0.2, 0.25) is 0 Å². The van der Waals surface area contributed by atoms with E-state index in [0.717, 1.165) is 17.7 Å². The van der Waals surface area contributed by atoms with Crippen LogP contribution < -0.4 is 16.0 Å². The zero-order valence-electron chi connectivity index (χ0n) is 20.5. The Morgan fingerprint density at radius 3 is 2.08 bits per heavy atom. The zero-order valence-corrected chi connectivity index (χ0v) is 20.5. The molecule has 0 aliphatic carbocycles. The largest absolute Gasteiger partial charge is 0.416 e. The number of rotatable bonds is 6. The predicted molar refractivity (Wildman–Crippen MR) is 144 cm³/mol. The van der Waals surface area contributed by atoms with Gasteiger partial charge in [-0.25, -0.2) is 4.79 Å². The van der Waals surface area contributed by atoms with Gasteiger partial charge in [0, 0.05) is 28.2 Å². The summed E-state index contributed by atoms with van der Waals surface area (Å²) in [6.07, 6.45) is -4.53. The van der Waals surface area contributed by atoms with Gasteiger partial charge in [-0.15, -0.1) is 10.2 Å². The zero-order chi connectivity index (χ0) is 28.1. The summed E-state index contributed by atoms with van der Waals surface area (Å²) in [5.41, 5.74) is 2.54. The van der Waals surface area contributed by atoms with E-state index >= 15 is 0 Å². The lowest BCUT2D eigenvalue weighted by molar-refractivity contribution is -0.137. The highest BCUT2D eigenvalue weighted by Gasteiger charge is 2.30. The van der Waals surface area contributed by atoms with Crippen LogP contribution in [0.25, 0.3) is 22.5 Å². The number of alkyl halides is 3. The quantitative estimate of drug-likeness (QED) is 0.196. The number of nitrogens with zero attached hydrogens (tertiary/aromatic N) is 3. The molecule has 3 amide bonds. The summed E-state index contributed by atoms with van der Waals surface area (Å²) < 4.78 is 39.0. The minimum absolute atomic E-state index is 0.0151. The average Bonchev–Trinajstić information content (AvgIpc) is 3.48. The SMILES string of the molecule is O=C(Nc1cccc(C(F)(F)F)c1)Nc1ccc(-c2ccc(C(=O)Nc3ccccc3)cc2)c(-c2nn[nH]n2)c1. The number of aromatic nitrogens is 4. The van der Waals surface area contributed by atoms with E-state index in [9.17, 15) is 22.8 Å². The summed E-state index contributed by atoms with van der Waals surface area (Å²) in [7, 11) is 0. The van der Waals surface area contributed by atoms with Crippen molar-refractivity contribution < 1.29 is 22.8 Å². The number of anilines is 3. The van der Waals surface area contributed by atoms with E-state index in [-0.39, 0.29) is 17.4 Å². The second kappa shape index (κ2) is 11.1. The highest BCUT2D eigenvalue weighted by atomic mass is 19.4. The molecule has 0 aliphatic rings. The fourth-order valence-electron chi connectivity index (χ4n) is 3.93. The van der Waals surface area contributed by atoms with E-state index in [0.29, 0.717) is 28.1 Å². The van der Waals surface area contributed by atoms with Gasteiger partial charge in [-0.3, -0.25) is 4.79 Å². The van der Waals surface area contributed by atoms with E-state index in [1.807, 2.05) is 18.2 Å². The van der Waals surface area contributed by atoms with Crippen LogP contribution in [0.5, 0.6) is 0 Å². The molecule has 0 aliphatic heterocycles. The molecular formula is C28H20F3N7O2. The Morgan fingerprint density at radius 1 is 0.700 bits per heavy atom. The van der Waals surface area contributed by atoms with Crippen LogP contribution in [0.4, 0.5) is 35.0 Å². The number of hydrogen-bond donors (Lipinski definition) is 4. The van der Waals surface area contributed by atoms with Gasteiger partial charge in [0.1, 0.15) is 0 Å². The first kappa shape index (κ1) is 26.1. The maximum absolute atomic E-state index is 13.0. The number of carbonyl (C=O) groups excluding carboxylic acids is 2. The Morgan fingerprint density at radius 2 is 1.40 bits per heavy atom. The van der Waals surface area contributed by atoms with Gasteiger partial charge < -0.3 is 16.0 Å². The van der Waals surface area contributed by atoms with Crippen molar-refractivity contribution in [3.63, 3.8) is 0 Å². The third-order valence-electron chi connectivity index (χ3n) is 5.80. The summed E-state index contributed by atoms with van der Waals surface area (Å²) in [5, 5.41) is 21.9. The molecule has 0 fully saturated rings. The van der Waals surface area contributed by atoms with Crippen LogP contribution >= 0.6 is 0 Å². The first-order chi connectivity index (χ1) is 19.3. The van der Waals surface area contributed by atoms with Crippen molar-refractivity contribution in [1.82, 2.24) is 20.6 Å². The lowest BCUT2D eigenvalue weighted by Crippen LogP contribution is -2.20. The molecule has 0 spiro atoms. The molecule has 0 saturated carbocycles. The Balaban J connectivity index is 1.35. The topological polar surface area (TPSA) is 125 Å². The second-order valence-electron chi connectivity index (χ2n) is 8.55. The van der Waals surface area contributed by atoms with E-state index in [4.69, 9.17) is 0 Å². The van der Waals surface area contributed by atoms with Crippen molar-refractivity contribution in [1.29, 1.82) is 0 Å². The van der Waals surface area contributed by atoms with Crippen molar-refractivity contribution in [2.45, 2.75) is 6.18 Å². The highest BCUT2D eigenvalue weighted by molar-refractivity contribution is 6.04. The molecule has 200 valence electrons. The van der Waals surface area contributed by atoms with E-state index < -0.39 is 17.8 Å². The number of halogens is 3. The van der Waals surface area contributed by atoms with Crippen molar-refractivity contribution >= 4 is 29.0 Å². The van der Waals surface area contributed by atoms with Gasteiger partial charge in [-0.05, 0) is 70.9 Å². The predicted octanol–water partition coefficient (Wildman–Crippen LogP) is 6.45. The number of nitrogens with one attached hydrogen (secondary N) is 4. The molecular weight excluding hydrogens is 523 g/mol. The Hall–Kier alpha value is -5.52. The summed E-state index contributed by atoms with van der Waals surface area (Å²) in [6, 6.07) is 24.5. The smallest absolute Gasteiger partial charge is 0.322 e. The molecule has 9 nitrogen and oxygen atoms in total. The Labute approximate surface area is 225 Å². The summed E-state index contributed by atoms with van der Waals surface area (Å²) >= 11 is 0. The number of amides is 3. The van der Waals surface area contributed by atoms with E-state index in [1.165, 1.54) is 12.1 Å². The maximum Gasteiger partial charge on any atom is 0.416 e. The number of para-hydroxylation sites is 1. The van der Waals surface area contributed by atoms with Crippen molar-refractivity contribution in [2.24, 2.45) is 0 Å². The van der Waals surface area contributed by atoms with Crippen LogP contribution in [-0.2, 0) is 6.18 Å². The average molecular weight is 544 g/mol. The molecule has 0 radical (unpaired) electrons. The number of tetrazole rings is 1. The van der Waals surface area contributed by atoms with Gasteiger partial charge >= 0.3 is 12.2 Å². The normalized spacial score (nSPS) is 11.1. The molecule has 0 atom stereocenters. The lowest BCUT2D eigenvalue weighted by Gasteiger charge is -2.13. The lowest BCUT2D eigenvalue weighted by atomic mass is 9.97. The summed E-state index contributed by atoms with van der Waals surface area (Å²) in [4.78, 5) is 25.2. The molecule has 0 bridgehead atoms. The molecule has 40 heavy (non-hydrogen) atoms. The Bertz CT molecular complexity index is 1640. The minimum Gasteiger partial charge on any atom is -0.322 e. The monoisotopic (exact) mass is 543 g/mol. The maximum atomic E-state index is 13.0. The van der Waals surface area contributed by atoms with Crippen LogP contribution in [-0.4, -0.2) is 32.6 Å². The molecule has 0 saturated heterocycles. The fourth-order valence-corrected chi connectivity index (χ4v) is 3.93. The summed E-state index contributed by atoms with van der Waals surface area (Å²) in [6.45, 7) is 0. The van der Waals surface area contributed by atoms with Crippen molar-refractivity contribution in [2.75, 3.05) is 16.0 Å². The number of H-pyrrole nitrogens is 1. The highest BCUT2D eigenvalue weighted by Crippen LogP contribution is 2.33. The molecule has 0 unspecified atom stereocenters. The molecule has 5 aromatic rings. The van der Waals surface area contributed by atoms with Crippen LogP contribution in [0, 0.1) is 0 Å². The van der Waals surface area contributed by atoms with Gasteiger partial charge in [-0.1, -0.05) is 42.5 Å². The van der Waals surface area contributed by atoms with Gasteiger partial charge in [-0.2, -0.15) is 18.4 Å². The number of benzene rings is 4. The number of aromatic amines is 1. The minimum atomic E-state index is -4.53. The third-order valence-corrected chi connectivity index (χ3v) is 5.80. The third kappa shape index (κ3) is 6.13. The molecule has 12 heteroatoms. The van der Waals surface area contributed by atoms with E-state index in [1.54, 1.807) is 54.6 Å². The Kier molecular flexibility index (Phi) is 7.22. The number of hydrogen-bond acceptors (Lipinski definition) is 5. The van der Waals surface area contributed by atoms with Crippen LogP contribution in [0.15, 0.2) is 97.1 Å². The van der Waals surface area contributed by atoms with Gasteiger partial charge in [0.2, 0.25) is 5.82 Å². The van der Waals surface area contributed by atoms with Gasteiger partial charge in [0.15, 0.2) is 0 Å². The molecule has 1 aromatic heterocycles. The second-order valence-corrected chi connectivity index (χ2v) is 8.55. The molecule has 4 N–H and O–H groups in total. The first-order valence-electron chi connectivity index (χ1n) is 11.9. The van der Waals surface area contributed by atoms with Crippen molar-refractivity contribution in [3.8, 4) is 22.5 Å². The van der Waals surface area contributed by atoms with E-state index in [2.05, 4.69) is 36.6 Å². The standard InChI is InChI=1S/C28H20F3N7O2/c29-28(30,31)19-5-4-8-21(15-19)33-27(40)34-22-13-14-23(24(16-22)25-35-37-38-36-25)17-9-11-18(12-10-17)26(39)32-20-6-2-1-3-7-20/h1-16H,(H,32,39)(H2,33,34,40)(H,35,36,37,38). The van der Waals surface area contributed by atoms with Crippen LogP contribution in [0.1, 0.15) is 15.9 Å². The summed E-state index contributed by atoms with van der Waals surface area (Å²) in [5.74, 6) is -0.00898. The van der Waals surface area contributed by atoms with Gasteiger partial charge in [0.05, 0.1) is 5.56 Å². The number of carbonyl (C=O) groups is 2.